The molecule has 1 aromatic carbocycles. The molecule has 0 aromatic heterocycles. The normalized spacial score (nSPS) is 25.8. The van der Waals surface area contributed by atoms with Crippen molar-refractivity contribution in [2.45, 2.75) is 41.4 Å². The van der Waals surface area contributed by atoms with Crippen molar-refractivity contribution in [3.05, 3.63) is 18.2 Å². The Morgan fingerprint density at radius 2 is 2.12 bits per heavy atom. The van der Waals surface area contributed by atoms with Crippen LogP contribution in [0, 0.1) is 17.2 Å². The average Bonchev–Trinajstić information content (AvgIpc) is 2.69. The van der Waals surface area contributed by atoms with E-state index in [0.29, 0.717) is 0 Å². The van der Waals surface area contributed by atoms with Crippen molar-refractivity contribution in [3.63, 3.8) is 0 Å². The Balaban J connectivity index is 1.79. The van der Waals surface area contributed by atoms with Crippen molar-refractivity contribution in [2.75, 3.05) is 24.7 Å². The molecule has 3 amide bonds. The molecule has 32 heavy (non-hydrogen) atoms. The Kier molecular flexibility index (Phi) is 6.45. The van der Waals surface area contributed by atoms with Gasteiger partial charge in [-0.05, 0) is 25.5 Å². The number of nitriles is 1. The molecule has 3 unspecified atom stereocenters. The Morgan fingerprint density at radius 3 is 2.72 bits per heavy atom. The zero-order valence-corrected chi connectivity index (χ0v) is 18.8. The highest BCUT2D eigenvalue weighted by molar-refractivity contribution is 7.93. The van der Waals surface area contributed by atoms with E-state index in [2.05, 4.69) is 16.0 Å². The van der Waals surface area contributed by atoms with Crippen LogP contribution in [0.15, 0.2) is 28.0 Å². The predicted octanol–water partition coefficient (Wildman–Crippen LogP) is -0.0292. The lowest BCUT2D eigenvalue weighted by molar-refractivity contribution is -0.121. The number of sulfonamides is 1. The lowest BCUT2D eigenvalue weighted by Gasteiger charge is -2.35. The zero-order chi connectivity index (χ0) is 23.8. The summed E-state index contributed by atoms with van der Waals surface area (Å²) in [4.78, 5) is 23.8. The van der Waals surface area contributed by atoms with E-state index in [9.17, 15) is 30.8 Å². The molecule has 3 rings (SSSR count). The molecule has 0 aliphatic carbocycles. The van der Waals surface area contributed by atoms with Crippen molar-refractivity contribution < 1.29 is 30.8 Å². The van der Waals surface area contributed by atoms with Gasteiger partial charge in [0.1, 0.15) is 17.6 Å². The number of fused-ring (bicyclic) bond motifs is 1. The quantitative estimate of drug-likeness (QED) is 0.521. The number of alkyl halides is 1. The molecule has 0 radical (unpaired) electrons. The van der Waals surface area contributed by atoms with E-state index in [4.69, 9.17) is 5.26 Å². The summed E-state index contributed by atoms with van der Waals surface area (Å²) in [6, 6.07) is 2.90. The van der Waals surface area contributed by atoms with Gasteiger partial charge in [-0.1, -0.05) is 6.07 Å². The summed E-state index contributed by atoms with van der Waals surface area (Å²) in [6.07, 6.45) is -0.577. The zero-order valence-electron chi connectivity index (χ0n) is 17.2. The third kappa shape index (κ3) is 4.54. The molecule has 1 aromatic rings. The van der Waals surface area contributed by atoms with Gasteiger partial charge in [0.2, 0.25) is 5.91 Å². The number of amides is 3. The number of urea groups is 1. The van der Waals surface area contributed by atoms with Crippen LogP contribution >= 0.6 is 0 Å². The molecule has 0 saturated carbocycles. The van der Waals surface area contributed by atoms with E-state index >= 15 is 0 Å². The van der Waals surface area contributed by atoms with E-state index in [1.807, 2.05) is 6.07 Å². The van der Waals surface area contributed by atoms with Crippen molar-refractivity contribution in [3.8, 4) is 6.07 Å². The van der Waals surface area contributed by atoms with Gasteiger partial charge in [0.25, 0.3) is 10.0 Å². The van der Waals surface area contributed by atoms with E-state index in [-0.39, 0.29) is 23.0 Å². The topological polar surface area (TPSA) is 166 Å². The van der Waals surface area contributed by atoms with Crippen LogP contribution in [-0.4, -0.2) is 70.7 Å². The van der Waals surface area contributed by atoms with Gasteiger partial charge in [-0.2, -0.15) is 5.26 Å². The molecule has 0 spiro atoms. The summed E-state index contributed by atoms with van der Waals surface area (Å²) in [5.41, 5.74) is -0.207. The summed E-state index contributed by atoms with van der Waals surface area (Å²) < 4.78 is 64.8. The number of carbonyl (C=O) groups excluding carboxylic acids is 2. The lowest BCUT2D eigenvalue weighted by atomic mass is 9.90. The van der Waals surface area contributed by atoms with Crippen LogP contribution < -0.4 is 16.0 Å². The molecular weight excluding hydrogens is 465 g/mol. The largest absolute Gasteiger partial charge is 0.350 e. The number of hydrogen-bond donors (Lipinski definition) is 3. The molecule has 3 N–H and O–H groups in total. The first-order chi connectivity index (χ1) is 14.9. The fourth-order valence-electron chi connectivity index (χ4n) is 3.74. The highest BCUT2D eigenvalue weighted by Crippen LogP contribution is 2.35. The fourth-order valence-corrected chi connectivity index (χ4v) is 6.78. The third-order valence-electron chi connectivity index (χ3n) is 5.29. The Bertz CT molecular complexity index is 1200. The second-order valence-corrected chi connectivity index (χ2v) is 11.5. The summed E-state index contributed by atoms with van der Waals surface area (Å²) in [5, 5.41) is 16.5. The molecule has 174 valence electrons. The second-order valence-electron chi connectivity index (χ2n) is 7.71. The molecule has 2 aliphatic rings. The number of nitrogens with zero attached hydrogens (tertiary/aromatic N) is 2. The highest BCUT2D eigenvalue weighted by Gasteiger charge is 2.42. The highest BCUT2D eigenvalue weighted by atomic mass is 32.2. The number of nitrogens with one attached hydrogen (secondary N) is 3. The number of hydrogen-bond acceptors (Lipinski definition) is 8. The molecule has 4 atom stereocenters. The fraction of sp³-hybridized carbons (Fsp3) is 0.500. The third-order valence-corrected chi connectivity index (χ3v) is 8.39. The minimum Gasteiger partial charge on any atom is -0.350 e. The van der Waals surface area contributed by atoms with Crippen molar-refractivity contribution >= 4 is 37.5 Å². The first kappa shape index (κ1) is 23.9. The van der Waals surface area contributed by atoms with E-state index in [0.717, 1.165) is 12.3 Å². The van der Waals surface area contributed by atoms with Gasteiger partial charge in [-0.15, -0.1) is 0 Å². The molecular formula is C18H22FN5O6S2. The second kappa shape index (κ2) is 8.64. The lowest BCUT2D eigenvalue weighted by Crippen LogP contribution is -2.58. The molecule has 1 fully saturated rings. The molecule has 2 heterocycles. The Hall–Kier alpha value is -2.76. The number of rotatable bonds is 5. The smallest absolute Gasteiger partial charge is 0.336 e. The van der Waals surface area contributed by atoms with E-state index in [1.165, 1.54) is 19.1 Å². The summed E-state index contributed by atoms with van der Waals surface area (Å²) in [5.74, 6) is -1.37. The van der Waals surface area contributed by atoms with Crippen LogP contribution in [0.3, 0.4) is 0 Å². The van der Waals surface area contributed by atoms with Crippen molar-refractivity contribution in [2.24, 2.45) is 5.92 Å². The molecule has 0 bridgehead atoms. The van der Waals surface area contributed by atoms with Gasteiger partial charge in [-0.3, -0.25) is 4.79 Å². The standard InChI is InChI=1S/C18H22FN5O6S2/c1-10(16-12(19)6-11(7-20)8-21-16)22-15(25)9-24-18(26)23-13-4-3-5-14(31(2,27)28)17(13)32(24,29)30/h3-5,10-12,16,21H,6,8-9H2,1-2H3,(H,22,25)(H,23,26)/t10-,11?,12?,16?/m1/s1. The van der Waals surface area contributed by atoms with Crippen LogP contribution in [0.1, 0.15) is 13.3 Å². The van der Waals surface area contributed by atoms with E-state index < -0.39 is 72.3 Å². The summed E-state index contributed by atoms with van der Waals surface area (Å²) in [6.45, 7) is 0.826. The van der Waals surface area contributed by atoms with Crippen LogP contribution in [0.2, 0.25) is 0 Å². The number of halogens is 1. The molecule has 11 nitrogen and oxygen atoms in total. The maximum absolute atomic E-state index is 14.4. The monoisotopic (exact) mass is 487 g/mol. The minimum absolute atomic E-state index is 0.00232. The van der Waals surface area contributed by atoms with Crippen LogP contribution in [0.5, 0.6) is 0 Å². The molecule has 2 aliphatic heterocycles. The average molecular weight is 488 g/mol. The summed E-state index contributed by atoms with van der Waals surface area (Å²) in [7, 11) is -8.63. The number of benzene rings is 1. The van der Waals surface area contributed by atoms with Gasteiger partial charge in [0.15, 0.2) is 9.84 Å². The minimum atomic E-state index is -4.67. The maximum atomic E-state index is 14.4. The van der Waals surface area contributed by atoms with Crippen LogP contribution in [-0.2, 0) is 24.7 Å². The van der Waals surface area contributed by atoms with Crippen molar-refractivity contribution in [1.82, 2.24) is 14.9 Å². The number of sulfone groups is 1. The molecule has 1 saturated heterocycles. The number of piperidine rings is 1. The number of carbonyl (C=O) groups is 2. The van der Waals surface area contributed by atoms with Gasteiger partial charge < -0.3 is 16.0 Å². The van der Waals surface area contributed by atoms with Gasteiger partial charge in [-0.25, -0.2) is 30.3 Å². The van der Waals surface area contributed by atoms with Gasteiger partial charge in [0.05, 0.1) is 28.6 Å². The van der Waals surface area contributed by atoms with Crippen molar-refractivity contribution in [1.29, 1.82) is 5.26 Å². The SMILES string of the molecule is C[C@@H](NC(=O)CN1C(=O)Nc2cccc(S(C)(=O)=O)c2S1(=O)=O)C1NCC(C#N)CC1F. The summed E-state index contributed by atoms with van der Waals surface area (Å²) >= 11 is 0. The van der Waals surface area contributed by atoms with Gasteiger partial charge in [0, 0.05) is 18.8 Å². The predicted molar refractivity (Wildman–Crippen MR) is 110 cm³/mol. The maximum Gasteiger partial charge on any atom is 0.336 e. The first-order valence-electron chi connectivity index (χ1n) is 9.59. The van der Waals surface area contributed by atoms with Crippen LogP contribution in [0.25, 0.3) is 0 Å². The van der Waals surface area contributed by atoms with Gasteiger partial charge >= 0.3 is 6.03 Å². The number of anilines is 1. The first-order valence-corrected chi connectivity index (χ1v) is 12.9. The molecule has 14 heteroatoms. The van der Waals surface area contributed by atoms with E-state index in [1.54, 1.807) is 0 Å². The Labute approximate surface area is 184 Å². The Morgan fingerprint density at radius 1 is 1.44 bits per heavy atom. The van der Waals surface area contributed by atoms with Crippen LogP contribution in [0.4, 0.5) is 14.9 Å².